The van der Waals surface area contributed by atoms with Crippen molar-refractivity contribution in [3.63, 3.8) is 0 Å². The van der Waals surface area contributed by atoms with Crippen LogP contribution in [0.2, 0.25) is 0 Å². The second-order valence-corrected chi connectivity index (χ2v) is 4.80. The molecule has 2 aromatic carbocycles. The van der Waals surface area contributed by atoms with E-state index in [1.165, 1.54) is 17.7 Å². The van der Waals surface area contributed by atoms with Crippen LogP contribution in [0.4, 0.5) is 4.39 Å². The summed E-state index contributed by atoms with van der Waals surface area (Å²) in [6.45, 7) is 2.35. The van der Waals surface area contributed by atoms with Gasteiger partial charge in [-0.15, -0.1) is 0 Å². The summed E-state index contributed by atoms with van der Waals surface area (Å²) in [6, 6.07) is 14.8. The minimum Gasteiger partial charge on any atom is -0.493 e. The van der Waals surface area contributed by atoms with Crippen LogP contribution in [-0.4, -0.2) is 13.2 Å². The maximum atomic E-state index is 12.8. The fourth-order valence-corrected chi connectivity index (χ4v) is 2.39. The molecule has 1 N–H and O–H groups in total. The van der Waals surface area contributed by atoms with Crippen LogP contribution in [0.15, 0.2) is 48.5 Å². The number of rotatable bonds is 4. The molecule has 0 saturated carbocycles. The molecule has 1 atom stereocenters. The van der Waals surface area contributed by atoms with E-state index in [2.05, 4.69) is 11.4 Å². The lowest BCUT2D eigenvalue weighted by atomic mass is 10.0. The molecule has 0 saturated heterocycles. The van der Waals surface area contributed by atoms with Gasteiger partial charge in [-0.25, -0.2) is 4.39 Å². The third-order valence-corrected chi connectivity index (χ3v) is 3.43. The maximum Gasteiger partial charge on any atom is 0.123 e. The highest BCUT2D eigenvalue weighted by molar-refractivity contribution is 5.39. The van der Waals surface area contributed by atoms with E-state index in [-0.39, 0.29) is 5.82 Å². The van der Waals surface area contributed by atoms with Crippen LogP contribution in [-0.2, 0) is 6.54 Å². The molecule has 0 aliphatic carbocycles. The van der Waals surface area contributed by atoms with Gasteiger partial charge in [-0.05, 0) is 23.8 Å². The van der Waals surface area contributed by atoms with E-state index < -0.39 is 0 Å². The van der Waals surface area contributed by atoms with E-state index in [1.807, 2.05) is 18.2 Å². The molecule has 1 aliphatic heterocycles. The van der Waals surface area contributed by atoms with Crippen LogP contribution >= 0.6 is 0 Å². The zero-order valence-corrected chi connectivity index (χ0v) is 10.6. The molecule has 0 fully saturated rings. The van der Waals surface area contributed by atoms with E-state index in [4.69, 9.17) is 4.74 Å². The number of benzene rings is 2. The lowest BCUT2D eigenvalue weighted by Gasteiger charge is -2.10. The predicted octanol–water partition coefficient (Wildman–Crippen LogP) is 3.09. The summed E-state index contributed by atoms with van der Waals surface area (Å²) in [5, 5.41) is 3.40. The highest BCUT2D eigenvalue weighted by Gasteiger charge is 2.22. The number of ether oxygens (including phenoxy) is 1. The summed E-state index contributed by atoms with van der Waals surface area (Å²) in [5.41, 5.74) is 2.36. The monoisotopic (exact) mass is 257 g/mol. The summed E-state index contributed by atoms with van der Waals surface area (Å²) in [4.78, 5) is 0. The first kappa shape index (κ1) is 12.2. The molecule has 2 aromatic rings. The SMILES string of the molecule is Fc1ccc(CNCC2COc3ccccc32)cc1. The molecule has 1 heterocycles. The second-order valence-electron chi connectivity index (χ2n) is 4.80. The molecule has 1 unspecified atom stereocenters. The van der Waals surface area contributed by atoms with E-state index in [0.29, 0.717) is 5.92 Å². The number of hydrogen-bond acceptors (Lipinski definition) is 2. The smallest absolute Gasteiger partial charge is 0.123 e. The lowest BCUT2D eigenvalue weighted by Crippen LogP contribution is -2.22. The van der Waals surface area contributed by atoms with Gasteiger partial charge in [0, 0.05) is 24.6 Å². The zero-order valence-electron chi connectivity index (χ0n) is 10.6. The van der Waals surface area contributed by atoms with Crippen LogP contribution in [0.1, 0.15) is 17.0 Å². The van der Waals surface area contributed by atoms with Crippen molar-refractivity contribution in [1.29, 1.82) is 0 Å². The maximum absolute atomic E-state index is 12.8. The Balaban J connectivity index is 1.55. The Labute approximate surface area is 112 Å². The number of para-hydroxylation sites is 1. The largest absolute Gasteiger partial charge is 0.493 e. The molecule has 0 bridgehead atoms. The molecule has 3 heteroatoms. The van der Waals surface area contributed by atoms with Gasteiger partial charge in [-0.3, -0.25) is 0 Å². The first-order chi connectivity index (χ1) is 9.33. The number of halogens is 1. The van der Waals surface area contributed by atoms with Gasteiger partial charge in [0.15, 0.2) is 0 Å². The molecule has 98 valence electrons. The fourth-order valence-electron chi connectivity index (χ4n) is 2.39. The van der Waals surface area contributed by atoms with Crippen LogP contribution in [0.25, 0.3) is 0 Å². The Hall–Kier alpha value is -1.87. The van der Waals surface area contributed by atoms with Gasteiger partial charge in [0.05, 0.1) is 6.61 Å². The molecule has 2 nitrogen and oxygen atoms in total. The molecular formula is C16H16FNO. The van der Waals surface area contributed by atoms with Gasteiger partial charge in [0.2, 0.25) is 0 Å². The predicted molar refractivity (Wildman–Crippen MR) is 72.8 cm³/mol. The van der Waals surface area contributed by atoms with Crippen LogP contribution in [0.3, 0.4) is 0 Å². The minimum absolute atomic E-state index is 0.193. The van der Waals surface area contributed by atoms with Crippen molar-refractivity contribution in [3.05, 3.63) is 65.5 Å². The van der Waals surface area contributed by atoms with Crippen molar-refractivity contribution in [2.75, 3.05) is 13.2 Å². The van der Waals surface area contributed by atoms with Gasteiger partial charge in [0.1, 0.15) is 11.6 Å². The number of fused-ring (bicyclic) bond motifs is 1. The Morgan fingerprint density at radius 2 is 1.89 bits per heavy atom. The Kier molecular flexibility index (Phi) is 3.47. The molecule has 1 aliphatic rings. The van der Waals surface area contributed by atoms with E-state index >= 15 is 0 Å². The summed E-state index contributed by atoms with van der Waals surface area (Å²) in [6.07, 6.45) is 0. The van der Waals surface area contributed by atoms with Gasteiger partial charge >= 0.3 is 0 Å². The minimum atomic E-state index is -0.193. The number of nitrogens with one attached hydrogen (secondary N) is 1. The van der Waals surface area contributed by atoms with Crippen molar-refractivity contribution in [2.24, 2.45) is 0 Å². The third kappa shape index (κ3) is 2.76. The van der Waals surface area contributed by atoms with E-state index in [9.17, 15) is 4.39 Å². The average molecular weight is 257 g/mol. The van der Waals surface area contributed by atoms with Gasteiger partial charge in [-0.1, -0.05) is 30.3 Å². The van der Waals surface area contributed by atoms with Gasteiger partial charge in [0.25, 0.3) is 0 Å². The van der Waals surface area contributed by atoms with E-state index in [0.717, 1.165) is 31.0 Å². The fraction of sp³-hybridized carbons (Fsp3) is 0.250. The summed E-state index contributed by atoms with van der Waals surface area (Å²) < 4.78 is 18.4. The van der Waals surface area contributed by atoms with Crippen molar-refractivity contribution < 1.29 is 9.13 Å². The molecule has 0 spiro atoms. The lowest BCUT2D eigenvalue weighted by molar-refractivity contribution is 0.326. The van der Waals surface area contributed by atoms with Crippen molar-refractivity contribution in [2.45, 2.75) is 12.5 Å². The van der Waals surface area contributed by atoms with Crippen molar-refractivity contribution in [1.82, 2.24) is 5.32 Å². The molecular weight excluding hydrogens is 241 g/mol. The quantitative estimate of drug-likeness (QED) is 0.908. The van der Waals surface area contributed by atoms with Crippen molar-refractivity contribution in [3.8, 4) is 5.75 Å². The Morgan fingerprint density at radius 1 is 1.11 bits per heavy atom. The summed E-state index contributed by atoms with van der Waals surface area (Å²) in [7, 11) is 0. The topological polar surface area (TPSA) is 21.3 Å². The number of hydrogen-bond donors (Lipinski definition) is 1. The zero-order chi connectivity index (χ0) is 13.1. The standard InChI is InChI=1S/C16H16FNO/c17-14-7-5-12(6-8-14)9-18-10-13-11-19-16-4-2-1-3-15(13)16/h1-8,13,18H,9-11H2. The van der Waals surface area contributed by atoms with Gasteiger partial charge in [-0.2, -0.15) is 0 Å². The molecule has 19 heavy (non-hydrogen) atoms. The first-order valence-corrected chi connectivity index (χ1v) is 6.50. The molecule has 0 amide bonds. The highest BCUT2D eigenvalue weighted by atomic mass is 19.1. The van der Waals surface area contributed by atoms with Crippen LogP contribution in [0, 0.1) is 5.82 Å². The molecule has 0 radical (unpaired) electrons. The van der Waals surface area contributed by atoms with Crippen molar-refractivity contribution >= 4 is 0 Å². The first-order valence-electron chi connectivity index (χ1n) is 6.50. The second kappa shape index (κ2) is 5.41. The Morgan fingerprint density at radius 3 is 2.74 bits per heavy atom. The summed E-state index contributed by atoms with van der Waals surface area (Å²) >= 11 is 0. The van der Waals surface area contributed by atoms with E-state index in [1.54, 1.807) is 12.1 Å². The highest BCUT2D eigenvalue weighted by Crippen LogP contribution is 2.32. The van der Waals surface area contributed by atoms with Gasteiger partial charge < -0.3 is 10.1 Å². The molecule has 0 aromatic heterocycles. The molecule has 3 rings (SSSR count). The third-order valence-electron chi connectivity index (χ3n) is 3.43. The van der Waals surface area contributed by atoms with Crippen LogP contribution < -0.4 is 10.1 Å². The Bertz CT molecular complexity index is 553. The summed E-state index contributed by atoms with van der Waals surface area (Å²) in [5.74, 6) is 1.20. The average Bonchev–Trinajstić information content (AvgIpc) is 2.85. The van der Waals surface area contributed by atoms with Crippen LogP contribution in [0.5, 0.6) is 5.75 Å². The normalized spacial score (nSPS) is 17.0.